The second-order valence-electron chi connectivity index (χ2n) is 6.36. The number of halogens is 1. The molecule has 4 rings (SSSR count). The largest absolute Gasteiger partial charge is 0.492 e. The van der Waals surface area contributed by atoms with E-state index in [0.29, 0.717) is 6.61 Å². The van der Waals surface area contributed by atoms with Gasteiger partial charge in [0.1, 0.15) is 11.6 Å². The first-order valence-corrected chi connectivity index (χ1v) is 9.39. The van der Waals surface area contributed by atoms with Crippen molar-refractivity contribution in [2.75, 3.05) is 19.7 Å². The van der Waals surface area contributed by atoms with Crippen molar-refractivity contribution in [3.05, 3.63) is 65.2 Å². The molecule has 0 spiro atoms. The smallest absolute Gasteiger partial charge is 0.138 e. The van der Waals surface area contributed by atoms with Crippen LogP contribution in [0.2, 0.25) is 5.02 Å². The summed E-state index contributed by atoms with van der Waals surface area (Å²) in [6.45, 7) is 4.45. The van der Waals surface area contributed by atoms with E-state index in [1.165, 1.54) is 10.8 Å². The van der Waals surface area contributed by atoms with Crippen molar-refractivity contribution >= 4 is 28.2 Å². The highest BCUT2D eigenvalue weighted by atomic mass is 35.5. The molecule has 0 aliphatic carbocycles. The summed E-state index contributed by atoms with van der Waals surface area (Å²) in [5, 5.41) is 6.46. The van der Waals surface area contributed by atoms with Crippen LogP contribution in [-0.2, 0) is 0 Å². The van der Waals surface area contributed by atoms with Crippen LogP contribution in [0.4, 0.5) is 0 Å². The van der Waals surface area contributed by atoms with Gasteiger partial charge in [0.25, 0.3) is 0 Å². The topological polar surface area (TPSA) is 33.6 Å². The van der Waals surface area contributed by atoms with E-state index in [0.717, 1.165) is 52.8 Å². The summed E-state index contributed by atoms with van der Waals surface area (Å²) >= 11 is 6.12. The van der Waals surface area contributed by atoms with Crippen molar-refractivity contribution in [3.8, 4) is 16.9 Å². The SMILES string of the molecule is CCCOc1c(C2=NCCN2)cc2ccccc2c1-c1ccc(Cl)cc1. The highest BCUT2D eigenvalue weighted by Crippen LogP contribution is 2.41. The summed E-state index contributed by atoms with van der Waals surface area (Å²) in [5.74, 6) is 1.80. The molecular weight excluding hydrogens is 344 g/mol. The lowest BCUT2D eigenvalue weighted by Gasteiger charge is -2.19. The molecule has 0 amide bonds. The number of amidine groups is 1. The fraction of sp³-hybridized carbons (Fsp3) is 0.227. The highest BCUT2D eigenvalue weighted by Gasteiger charge is 2.21. The van der Waals surface area contributed by atoms with Crippen molar-refractivity contribution in [1.82, 2.24) is 5.32 Å². The van der Waals surface area contributed by atoms with Crippen LogP contribution in [0, 0.1) is 0 Å². The minimum absolute atomic E-state index is 0.666. The Kier molecular flexibility index (Phi) is 4.81. The van der Waals surface area contributed by atoms with Gasteiger partial charge in [0.15, 0.2) is 0 Å². The highest BCUT2D eigenvalue weighted by molar-refractivity contribution is 6.30. The van der Waals surface area contributed by atoms with Crippen LogP contribution in [0.5, 0.6) is 5.75 Å². The van der Waals surface area contributed by atoms with Gasteiger partial charge >= 0.3 is 0 Å². The number of aliphatic imine (C=N–C) groups is 1. The predicted molar refractivity (Wildman–Crippen MR) is 110 cm³/mol. The zero-order chi connectivity index (χ0) is 17.9. The van der Waals surface area contributed by atoms with Crippen molar-refractivity contribution in [3.63, 3.8) is 0 Å². The maximum absolute atomic E-state index is 6.27. The Morgan fingerprint density at radius 2 is 1.92 bits per heavy atom. The maximum Gasteiger partial charge on any atom is 0.138 e. The van der Waals surface area contributed by atoms with E-state index in [4.69, 9.17) is 16.3 Å². The Balaban J connectivity index is 2.02. The number of hydrogen-bond donors (Lipinski definition) is 1. The monoisotopic (exact) mass is 364 g/mol. The minimum atomic E-state index is 0.666. The number of fused-ring (bicyclic) bond motifs is 1. The minimum Gasteiger partial charge on any atom is -0.492 e. The molecule has 0 saturated carbocycles. The molecule has 0 bridgehead atoms. The van der Waals surface area contributed by atoms with E-state index in [9.17, 15) is 0 Å². The third kappa shape index (κ3) is 3.15. The van der Waals surface area contributed by atoms with Gasteiger partial charge in [-0.15, -0.1) is 0 Å². The zero-order valence-electron chi connectivity index (χ0n) is 14.8. The number of nitrogens with one attached hydrogen (secondary N) is 1. The van der Waals surface area contributed by atoms with E-state index >= 15 is 0 Å². The van der Waals surface area contributed by atoms with Crippen LogP contribution in [0.15, 0.2) is 59.6 Å². The van der Waals surface area contributed by atoms with Gasteiger partial charge in [-0.2, -0.15) is 0 Å². The standard InChI is InChI=1S/C22H21ClN2O/c1-2-13-26-21-19(22-24-11-12-25-22)14-16-5-3-4-6-18(16)20(21)15-7-9-17(23)10-8-15/h3-10,14H,2,11-13H2,1H3,(H,24,25). The average molecular weight is 365 g/mol. The van der Waals surface area contributed by atoms with Crippen LogP contribution >= 0.6 is 11.6 Å². The van der Waals surface area contributed by atoms with Crippen LogP contribution in [0.3, 0.4) is 0 Å². The molecule has 1 heterocycles. The third-order valence-corrected chi connectivity index (χ3v) is 4.77. The summed E-state index contributed by atoms with van der Waals surface area (Å²) in [5.41, 5.74) is 3.22. The van der Waals surface area contributed by atoms with Crippen molar-refractivity contribution < 1.29 is 4.74 Å². The van der Waals surface area contributed by atoms with Gasteiger partial charge in [0.2, 0.25) is 0 Å². The molecule has 3 aromatic rings. The molecule has 4 heteroatoms. The Bertz CT molecular complexity index is 964. The summed E-state index contributed by atoms with van der Waals surface area (Å²) in [7, 11) is 0. The molecule has 3 nitrogen and oxygen atoms in total. The van der Waals surface area contributed by atoms with Gasteiger partial charge < -0.3 is 10.1 Å². The molecule has 0 radical (unpaired) electrons. The molecule has 1 N–H and O–H groups in total. The summed E-state index contributed by atoms with van der Waals surface area (Å²) in [6, 6.07) is 18.5. The first-order valence-electron chi connectivity index (χ1n) is 9.01. The molecule has 0 fully saturated rings. The van der Waals surface area contributed by atoms with Crippen LogP contribution < -0.4 is 10.1 Å². The van der Waals surface area contributed by atoms with Gasteiger partial charge in [-0.25, -0.2) is 0 Å². The molecule has 26 heavy (non-hydrogen) atoms. The fourth-order valence-corrected chi connectivity index (χ4v) is 3.47. The normalized spacial score (nSPS) is 13.5. The lowest BCUT2D eigenvalue weighted by atomic mass is 9.93. The molecule has 1 aliphatic rings. The first kappa shape index (κ1) is 16.9. The quantitative estimate of drug-likeness (QED) is 0.666. The van der Waals surface area contributed by atoms with Crippen molar-refractivity contribution in [1.29, 1.82) is 0 Å². The van der Waals surface area contributed by atoms with Crippen LogP contribution in [0.1, 0.15) is 18.9 Å². The molecule has 0 aromatic heterocycles. The number of ether oxygens (including phenoxy) is 1. The summed E-state index contributed by atoms with van der Waals surface area (Å²) in [6.07, 6.45) is 0.951. The van der Waals surface area contributed by atoms with E-state index in [2.05, 4.69) is 59.7 Å². The third-order valence-electron chi connectivity index (χ3n) is 4.51. The lowest BCUT2D eigenvalue weighted by Crippen LogP contribution is -2.20. The Hall–Kier alpha value is -2.52. The van der Waals surface area contributed by atoms with E-state index in [-0.39, 0.29) is 0 Å². The van der Waals surface area contributed by atoms with E-state index in [1.807, 2.05) is 12.1 Å². The summed E-state index contributed by atoms with van der Waals surface area (Å²) < 4.78 is 6.27. The number of rotatable bonds is 5. The number of hydrogen-bond acceptors (Lipinski definition) is 3. The van der Waals surface area contributed by atoms with Gasteiger partial charge in [-0.3, -0.25) is 4.99 Å². The second-order valence-corrected chi connectivity index (χ2v) is 6.80. The maximum atomic E-state index is 6.27. The Labute approximate surface area is 158 Å². The van der Waals surface area contributed by atoms with Gasteiger partial charge in [-0.05, 0) is 41.0 Å². The van der Waals surface area contributed by atoms with Gasteiger partial charge in [-0.1, -0.05) is 54.9 Å². The predicted octanol–water partition coefficient (Wildman–Crippen LogP) is 5.30. The van der Waals surface area contributed by atoms with Crippen molar-refractivity contribution in [2.24, 2.45) is 4.99 Å². The Morgan fingerprint density at radius 3 is 2.65 bits per heavy atom. The van der Waals surface area contributed by atoms with Crippen molar-refractivity contribution in [2.45, 2.75) is 13.3 Å². The molecule has 1 aliphatic heterocycles. The lowest BCUT2D eigenvalue weighted by molar-refractivity contribution is 0.318. The second kappa shape index (κ2) is 7.38. The van der Waals surface area contributed by atoms with Crippen LogP contribution in [-0.4, -0.2) is 25.5 Å². The first-order chi connectivity index (χ1) is 12.8. The zero-order valence-corrected chi connectivity index (χ0v) is 15.5. The van der Waals surface area contributed by atoms with Gasteiger partial charge in [0.05, 0.1) is 18.7 Å². The number of nitrogens with zero attached hydrogens (tertiary/aromatic N) is 1. The van der Waals surface area contributed by atoms with Crippen LogP contribution in [0.25, 0.3) is 21.9 Å². The van der Waals surface area contributed by atoms with E-state index < -0.39 is 0 Å². The Morgan fingerprint density at radius 1 is 1.12 bits per heavy atom. The molecule has 132 valence electrons. The summed E-state index contributed by atoms with van der Waals surface area (Å²) in [4.78, 5) is 4.63. The van der Waals surface area contributed by atoms with E-state index in [1.54, 1.807) is 0 Å². The molecule has 3 aromatic carbocycles. The fourth-order valence-electron chi connectivity index (χ4n) is 3.34. The molecule has 0 atom stereocenters. The molecule has 0 saturated heterocycles. The molecule has 0 unspecified atom stereocenters. The molecular formula is C22H21ClN2O. The average Bonchev–Trinajstić information content (AvgIpc) is 3.21. The number of benzene rings is 3. The van der Waals surface area contributed by atoms with Gasteiger partial charge in [0, 0.05) is 17.1 Å².